The van der Waals surface area contributed by atoms with Crippen molar-refractivity contribution in [2.24, 2.45) is 0 Å². The number of hydrogen-bond acceptors (Lipinski definition) is 8. The van der Waals surface area contributed by atoms with Crippen LogP contribution in [0.4, 0.5) is 5.69 Å². The van der Waals surface area contributed by atoms with Gasteiger partial charge in [0.1, 0.15) is 30.4 Å². The van der Waals surface area contributed by atoms with E-state index in [0.29, 0.717) is 48.9 Å². The summed E-state index contributed by atoms with van der Waals surface area (Å²) in [7, 11) is 1.29. The van der Waals surface area contributed by atoms with Crippen LogP contribution >= 0.6 is 34.8 Å². The molecule has 1 saturated carbocycles. The zero-order valence-corrected chi connectivity index (χ0v) is 26.1. The normalized spacial score (nSPS) is 12.2. The average molecular weight is 654 g/mol. The Balaban J connectivity index is 1.35. The summed E-state index contributed by atoms with van der Waals surface area (Å²) in [5.74, 6) is 6.69. The molecular formula is C33H27Cl3N2O6. The third-order valence-corrected chi connectivity index (χ3v) is 7.67. The molecule has 0 unspecified atom stereocenters. The maximum absolute atomic E-state index is 12.2. The van der Waals surface area contributed by atoms with Gasteiger partial charge < -0.3 is 24.1 Å². The standard InChI is InChI=1S/C33H27Cl3N2O6/c1-3-42-29(39)17-37-23-14-19(13-22(15-23)33(40)41-2)7-8-20-11-12-24(16-28(20)36)43-18-25-31(38-44-32(25)21-9-10-21)30-26(34)5-4-6-27(30)35/h4-6,11-16,21,37H,3,9-10,17-18H2,1-2H3. The number of benzene rings is 3. The predicted octanol–water partition coefficient (Wildman–Crippen LogP) is 7.92. The average Bonchev–Trinajstić information content (AvgIpc) is 3.78. The number of nitrogens with zero attached hydrogens (tertiary/aromatic N) is 1. The van der Waals surface area contributed by atoms with Crippen molar-refractivity contribution in [1.82, 2.24) is 5.16 Å². The highest BCUT2D eigenvalue weighted by Gasteiger charge is 2.33. The van der Waals surface area contributed by atoms with E-state index in [1.807, 2.05) is 0 Å². The first kappa shape index (κ1) is 31.3. The van der Waals surface area contributed by atoms with Crippen molar-refractivity contribution in [1.29, 1.82) is 0 Å². The van der Waals surface area contributed by atoms with E-state index in [1.54, 1.807) is 61.5 Å². The molecular weight excluding hydrogens is 627 g/mol. The van der Waals surface area contributed by atoms with Gasteiger partial charge >= 0.3 is 11.9 Å². The summed E-state index contributed by atoms with van der Waals surface area (Å²) in [6.45, 7) is 2.10. The van der Waals surface area contributed by atoms with E-state index in [4.69, 9.17) is 53.5 Å². The number of methoxy groups -OCH3 is 1. The molecule has 8 nitrogen and oxygen atoms in total. The second-order valence-electron chi connectivity index (χ2n) is 9.87. The molecule has 3 aromatic carbocycles. The van der Waals surface area contributed by atoms with E-state index in [-0.39, 0.29) is 31.2 Å². The Morgan fingerprint density at radius 1 is 1.02 bits per heavy atom. The molecule has 44 heavy (non-hydrogen) atoms. The molecule has 226 valence electrons. The SMILES string of the molecule is CCOC(=O)CNc1cc(C#Cc2ccc(OCc3c(-c4c(Cl)cccc4Cl)noc3C3CC3)cc2Cl)cc(C(=O)OC)c1. The third-order valence-electron chi connectivity index (χ3n) is 6.73. The molecule has 1 aromatic heterocycles. The van der Waals surface area contributed by atoms with E-state index in [1.165, 1.54) is 7.11 Å². The van der Waals surface area contributed by atoms with Crippen LogP contribution < -0.4 is 10.1 Å². The molecule has 11 heteroatoms. The van der Waals surface area contributed by atoms with E-state index < -0.39 is 11.9 Å². The summed E-state index contributed by atoms with van der Waals surface area (Å²) in [6.07, 6.45) is 2.03. The van der Waals surface area contributed by atoms with Gasteiger partial charge in [-0.1, -0.05) is 57.9 Å². The Bertz CT molecular complexity index is 1750. The number of rotatable bonds is 10. The van der Waals surface area contributed by atoms with Crippen LogP contribution in [0, 0.1) is 11.8 Å². The maximum atomic E-state index is 12.2. The fraction of sp³-hybridized carbons (Fsp3) is 0.242. The summed E-state index contributed by atoms with van der Waals surface area (Å²) in [5, 5.41) is 8.57. The van der Waals surface area contributed by atoms with Crippen molar-refractivity contribution >= 4 is 52.4 Å². The molecule has 5 rings (SSSR count). The first-order valence-electron chi connectivity index (χ1n) is 13.8. The number of carbonyl (C=O) groups is 2. The maximum Gasteiger partial charge on any atom is 0.337 e. The van der Waals surface area contributed by atoms with Gasteiger partial charge in [0.05, 0.1) is 39.9 Å². The number of anilines is 1. The fourth-order valence-corrected chi connectivity index (χ4v) is 5.25. The molecule has 0 spiro atoms. The molecule has 0 bridgehead atoms. The minimum Gasteiger partial charge on any atom is -0.489 e. The predicted molar refractivity (Wildman–Crippen MR) is 169 cm³/mol. The number of esters is 2. The van der Waals surface area contributed by atoms with E-state index in [9.17, 15) is 9.59 Å². The number of hydrogen-bond donors (Lipinski definition) is 1. The first-order valence-corrected chi connectivity index (χ1v) is 14.9. The molecule has 1 heterocycles. The Kier molecular flexibility index (Phi) is 10.0. The van der Waals surface area contributed by atoms with Gasteiger partial charge in [-0.2, -0.15) is 0 Å². The molecule has 1 fully saturated rings. The third kappa shape index (κ3) is 7.48. The highest BCUT2D eigenvalue weighted by molar-refractivity contribution is 6.39. The molecule has 1 N–H and O–H groups in total. The lowest BCUT2D eigenvalue weighted by Gasteiger charge is -2.10. The zero-order valence-electron chi connectivity index (χ0n) is 23.8. The van der Waals surface area contributed by atoms with Crippen LogP contribution in [0.2, 0.25) is 15.1 Å². The van der Waals surface area contributed by atoms with Crippen LogP contribution in [0.1, 0.15) is 58.5 Å². The summed E-state index contributed by atoms with van der Waals surface area (Å²) in [6, 6.07) is 15.4. The number of ether oxygens (including phenoxy) is 3. The van der Waals surface area contributed by atoms with Gasteiger partial charge in [-0.15, -0.1) is 0 Å². The molecule has 1 aliphatic carbocycles. The summed E-state index contributed by atoms with van der Waals surface area (Å²) < 4.78 is 21.7. The van der Waals surface area contributed by atoms with Crippen LogP contribution in [0.15, 0.2) is 59.1 Å². The molecule has 1 aliphatic rings. The quantitative estimate of drug-likeness (QED) is 0.136. The molecule has 0 amide bonds. The van der Waals surface area contributed by atoms with Crippen molar-refractivity contribution in [2.45, 2.75) is 32.3 Å². The topological polar surface area (TPSA) is 99.9 Å². The van der Waals surface area contributed by atoms with Gasteiger partial charge in [0.25, 0.3) is 0 Å². The largest absolute Gasteiger partial charge is 0.489 e. The van der Waals surface area contributed by atoms with Gasteiger partial charge in [-0.05, 0) is 62.2 Å². The van der Waals surface area contributed by atoms with Crippen molar-refractivity contribution < 1.29 is 28.3 Å². The Hall–Kier alpha value is -4.16. The summed E-state index contributed by atoms with van der Waals surface area (Å²) in [4.78, 5) is 24.0. The first-order chi connectivity index (χ1) is 21.3. The van der Waals surface area contributed by atoms with Gasteiger partial charge in [-0.3, -0.25) is 4.79 Å². The molecule has 0 saturated heterocycles. The highest BCUT2D eigenvalue weighted by Crippen LogP contribution is 2.46. The lowest BCUT2D eigenvalue weighted by Crippen LogP contribution is -2.17. The monoisotopic (exact) mass is 652 g/mol. The molecule has 4 aromatic rings. The zero-order chi connectivity index (χ0) is 31.2. The lowest BCUT2D eigenvalue weighted by atomic mass is 10.0. The molecule has 0 atom stereocenters. The van der Waals surface area contributed by atoms with Crippen LogP contribution in [0.25, 0.3) is 11.3 Å². The van der Waals surface area contributed by atoms with Gasteiger partial charge in [0, 0.05) is 34.4 Å². The second-order valence-corrected chi connectivity index (χ2v) is 11.1. The number of aromatic nitrogens is 1. The minimum atomic E-state index is -0.537. The van der Waals surface area contributed by atoms with Crippen molar-refractivity contribution in [3.8, 4) is 28.8 Å². The highest BCUT2D eigenvalue weighted by atomic mass is 35.5. The Morgan fingerprint density at radius 2 is 1.80 bits per heavy atom. The summed E-state index contributed by atoms with van der Waals surface area (Å²) >= 11 is 19.5. The van der Waals surface area contributed by atoms with Crippen LogP contribution in [-0.2, 0) is 20.9 Å². The van der Waals surface area contributed by atoms with Crippen LogP contribution in [0.3, 0.4) is 0 Å². The smallest absolute Gasteiger partial charge is 0.337 e. The number of carbonyl (C=O) groups excluding carboxylic acids is 2. The molecule has 0 radical (unpaired) electrons. The van der Waals surface area contributed by atoms with Crippen molar-refractivity contribution in [2.75, 3.05) is 25.6 Å². The van der Waals surface area contributed by atoms with E-state index >= 15 is 0 Å². The Morgan fingerprint density at radius 3 is 2.48 bits per heavy atom. The Labute approximate surface area is 269 Å². The van der Waals surface area contributed by atoms with Crippen LogP contribution in [0.5, 0.6) is 5.75 Å². The fourth-order valence-electron chi connectivity index (χ4n) is 4.45. The second kappa shape index (κ2) is 14.1. The van der Waals surface area contributed by atoms with E-state index in [2.05, 4.69) is 22.3 Å². The molecule has 0 aliphatic heterocycles. The number of nitrogens with one attached hydrogen (secondary N) is 1. The van der Waals surface area contributed by atoms with Crippen LogP contribution in [-0.4, -0.2) is 37.4 Å². The van der Waals surface area contributed by atoms with Gasteiger partial charge in [-0.25, -0.2) is 4.79 Å². The van der Waals surface area contributed by atoms with Gasteiger partial charge in [0.15, 0.2) is 0 Å². The van der Waals surface area contributed by atoms with Crippen molar-refractivity contribution in [3.63, 3.8) is 0 Å². The minimum absolute atomic E-state index is 0.0669. The van der Waals surface area contributed by atoms with E-state index in [0.717, 1.165) is 24.2 Å². The van der Waals surface area contributed by atoms with Crippen molar-refractivity contribution in [3.05, 3.63) is 97.7 Å². The van der Waals surface area contributed by atoms with Gasteiger partial charge in [0.2, 0.25) is 0 Å². The number of halogens is 3. The lowest BCUT2D eigenvalue weighted by molar-refractivity contribution is -0.140. The summed E-state index contributed by atoms with van der Waals surface area (Å²) in [5.41, 5.74) is 3.80.